The Morgan fingerprint density at radius 2 is 1.88 bits per heavy atom. The van der Waals surface area contributed by atoms with E-state index in [-0.39, 0.29) is 36.6 Å². The maximum Gasteiger partial charge on any atom is 0.234 e. The Bertz CT molecular complexity index is 1090. The van der Waals surface area contributed by atoms with Gasteiger partial charge >= 0.3 is 0 Å². The second kappa shape index (κ2) is 10.7. The second-order valence-corrected chi connectivity index (χ2v) is 10.4. The number of rotatable bonds is 9. The third-order valence-corrected chi connectivity index (χ3v) is 7.33. The summed E-state index contributed by atoms with van der Waals surface area (Å²) in [7, 11) is -3.33. The van der Waals surface area contributed by atoms with Crippen LogP contribution in [0.2, 0.25) is 0 Å². The van der Waals surface area contributed by atoms with Gasteiger partial charge in [0.05, 0.1) is 30.2 Å². The van der Waals surface area contributed by atoms with Gasteiger partial charge in [-0.05, 0) is 47.2 Å². The van der Waals surface area contributed by atoms with Crippen LogP contribution < -0.4 is 16.4 Å². The van der Waals surface area contributed by atoms with Gasteiger partial charge in [-0.15, -0.1) is 0 Å². The molecule has 0 saturated carbocycles. The van der Waals surface area contributed by atoms with Crippen LogP contribution in [0, 0.1) is 11.6 Å². The van der Waals surface area contributed by atoms with E-state index in [1.807, 2.05) is 25.1 Å². The van der Waals surface area contributed by atoms with Crippen LogP contribution in [0.15, 0.2) is 36.4 Å². The van der Waals surface area contributed by atoms with E-state index in [1.54, 1.807) is 0 Å². The van der Waals surface area contributed by atoms with Gasteiger partial charge in [0.25, 0.3) is 0 Å². The number of amides is 1. The Balaban J connectivity index is 1.78. The quantitative estimate of drug-likeness (QED) is 0.426. The standard InChI is InChI=1S/C23H29F2N3O4S/c1-2-14-3-4-16-12-33(31,32)13-21(19(16)7-14)27-11-22(29)20(28-23(30)10-26)8-15-5-17(24)9-18(25)6-15/h3-7,9,20-22,27,29H,2,8,10-13,26H2,1H3,(H,28,30). The Labute approximate surface area is 192 Å². The van der Waals surface area contributed by atoms with Crippen LogP contribution in [-0.4, -0.2) is 50.4 Å². The first kappa shape index (κ1) is 25.2. The zero-order chi connectivity index (χ0) is 24.2. The zero-order valence-electron chi connectivity index (χ0n) is 18.4. The minimum atomic E-state index is -3.33. The largest absolute Gasteiger partial charge is 0.390 e. The van der Waals surface area contributed by atoms with Crippen molar-refractivity contribution in [2.45, 2.75) is 43.7 Å². The lowest BCUT2D eigenvalue weighted by Crippen LogP contribution is -2.51. The molecular formula is C23H29F2N3O4S. The summed E-state index contributed by atoms with van der Waals surface area (Å²) in [5.74, 6) is -2.22. The Kier molecular flexibility index (Phi) is 8.17. The average molecular weight is 482 g/mol. The molecule has 2 aromatic rings. The van der Waals surface area contributed by atoms with Gasteiger partial charge < -0.3 is 21.5 Å². The van der Waals surface area contributed by atoms with Gasteiger partial charge in [-0.3, -0.25) is 4.79 Å². The van der Waals surface area contributed by atoms with E-state index >= 15 is 0 Å². The third kappa shape index (κ3) is 6.80. The van der Waals surface area contributed by atoms with Crippen molar-refractivity contribution in [1.82, 2.24) is 10.6 Å². The van der Waals surface area contributed by atoms with Gasteiger partial charge in [0.15, 0.2) is 9.84 Å². The van der Waals surface area contributed by atoms with Crippen molar-refractivity contribution in [3.8, 4) is 0 Å². The molecular weight excluding hydrogens is 452 g/mol. The summed E-state index contributed by atoms with van der Waals surface area (Å²) in [6.07, 6.45) is -0.412. The highest BCUT2D eigenvalue weighted by atomic mass is 32.2. The summed E-state index contributed by atoms with van der Waals surface area (Å²) in [6.45, 7) is 1.64. The van der Waals surface area contributed by atoms with E-state index in [1.165, 1.54) is 0 Å². The lowest BCUT2D eigenvalue weighted by molar-refractivity contribution is -0.121. The van der Waals surface area contributed by atoms with E-state index in [2.05, 4.69) is 10.6 Å². The van der Waals surface area contributed by atoms with Gasteiger partial charge in [0.1, 0.15) is 11.6 Å². The van der Waals surface area contributed by atoms with Crippen molar-refractivity contribution in [3.63, 3.8) is 0 Å². The minimum absolute atomic E-state index is 0.0343. The van der Waals surface area contributed by atoms with Crippen LogP contribution in [-0.2, 0) is 33.2 Å². The number of carbonyl (C=O) groups is 1. The fourth-order valence-corrected chi connectivity index (χ4v) is 5.73. The molecule has 3 rings (SSSR count). The average Bonchev–Trinajstić information content (AvgIpc) is 2.75. The summed E-state index contributed by atoms with van der Waals surface area (Å²) in [4.78, 5) is 11.9. The SMILES string of the molecule is CCc1ccc2c(c1)C(NCC(O)C(Cc1cc(F)cc(F)c1)NC(=O)CN)CS(=O)(=O)C2. The van der Waals surface area contributed by atoms with E-state index in [0.29, 0.717) is 5.56 Å². The van der Waals surface area contributed by atoms with Crippen molar-refractivity contribution in [2.24, 2.45) is 5.73 Å². The fraction of sp³-hybridized carbons (Fsp3) is 0.435. The number of carbonyl (C=O) groups excluding carboxylic acids is 1. The highest BCUT2D eigenvalue weighted by Gasteiger charge is 2.31. The van der Waals surface area contributed by atoms with Crippen molar-refractivity contribution < 1.29 is 27.1 Å². The summed E-state index contributed by atoms with van der Waals surface area (Å²) < 4.78 is 52.0. The molecule has 0 fully saturated rings. The van der Waals surface area contributed by atoms with Crippen LogP contribution in [0.25, 0.3) is 0 Å². The number of benzene rings is 2. The van der Waals surface area contributed by atoms with Gasteiger partial charge in [-0.2, -0.15) is 0 Å². The number of sulfone groups is 1. The molecule has 1 aliphatic heterocycles. The zero-order valence-corrected chi connectivity index (χ0v) is 19.2. The van der Waals surface area contributed by atoms with Crippen LogP contribution in [0.4, 0.5) is 8.78 Å². The smallest absolute Gasteiger partial charge is 0.234 e. The molecule has 0 spiro atoms. The number of nitrogens with one attached hydrogen (secondary N) is 2. The number of hydrogen-bond donors (Lipinski definition) is 4. The van der Waals surface area contributed by atoms with Crippen LogP contribution >= 0.6 is 0 Å². The van der Waals surface area contributed by atoms with Crippen molar-refractivity contribution in [2.75, 3.05) is 18.8 Å². The Hall–Kier alpha value is -2.40. The van der Waals surface area contributed by atoms with E-state index in [9.17, 15) is 27.1 Å². The predicted octanol–water partition coefficient (Wildman–Crippen LogP) is 1.13. The molecule has 7 nitrogen and oxygen atoms in total. The molecule has 2 aromatic carbocycles. The van der Waals surface area contributed by atoms with Crippen LogP contribution in [0.5, 0.6) is 0 Å². The number of nitrogens with two attached hydrogens (primary N) is 1. The molecule has 33 heavy (non-hydrogen) atoms. The number of aryl methyl sites for hydroxylation is 1. The van der Waals surface area contributed by atoms with E-state index < -0.39 is 45.6 Å². The van der Waals surface area contributed by atoms with Gasteiger partial charge in [-0.25, -0.2) is 17.2 Å². The molecule has 0 aliphatic carbocycles. The van der Waals surface area contributed by atoms with E-state index in [4.69, 9.17) is 5.73 Å². The Morgan fingerprint density at radius 3 is 2.52 bits per heavy atom. The minimum Gasteiger partial charge on any atom is -0.390 e. The number of hydrogen-bond acceptors (Lipinski definition) is 6. The summed E-state index contributed by atoms with van der Waals surface area (Å²) >= 11 is 0. The topological polar surface area (TPSA) is 122 Å². The third-order valence-electron chi connectivity index (χ3n) is 5.74. The number of halogens is 2. The molecule has 180 valence electrons. The predicted molar refractivity (Wildman–Crippen MR) is 121 cm³/mol. The van der Waals surface area contributed by atoms with Crippen LogP contribution in [0.3, 0.4) is 0 Å². The van der Waals surface area contributed by atoms with Gasteiger partial charge in [0.2, 0.25) is 5.91 Å². The molecule has 5 N–H and O–H groups in total. The molecule has 3 atom stereocenters. The molecule has 3 unspecified atom stereocenters. The van der Waals surface area contributed by atoms with Crippen LogP contribution in [0.1, 0.15) is 35.2 Å². The first-order valence-electron chi connectivity index (χ1n) is 10.8. The normalized spacial score (nSPS) is 18.9. The number of fused-ring (bicyclic) bond motifs is 1. The highest BCUT2D eigenvalue weighted by Crippen LogP contribution is 2.29. The van der Waals surface area contributed by atoms with Crippen molar-refractivity contribution >= 4 is 15.7 Å². The first-order valence-corrected chi connectivity index (χ1v) is 12.6. The summed E-state index contributed by atoms with van der Waals surface area (Å²) in [5, 5.41) is 16.5. The van der Waals surface area contributed by atoms with Crippen molar-refractivity contribution in [3.05, 3.63) is 70.3 Å². The Morgan fingerprint density at radius 1 is 1.18 bits per heavy atom. The highest BCUT2D eigenvalue weighted by molar-refractivity contribution is 7.90. The van der Waals surface area contributed by atoms with E-state index in [0.717, 1.165) is 35.7 Å². The van der Waals surface area contributed by atoms with Crippen molar-refractivity contribution in [1.29, 1.82) is 0 Å². The lowest BCUT2D eigenvalue weighted by atomic mass is 9.97. The molecule has 0 aromatic heterocycles. The molecule has 1 aliphatic rings. The molecule has 1 heterocycles. The second-order valence-electron chi connectivity index (χ2n) is 8.33. The summed E-state index contributed by atoms with van der Waals surface area (Å²) in [6, 6.07) is 7.26. The number of aliphatic hydroxyl groups is 1. The maximum atomic E-state index is 13.6. The summed E-state index contributed by atoms with van der Waals surface area (Å²) in [5.41, 5.74) is 8.28. The molecule has 0 saturated heterocycles. The molecule has 1 amide bonds. The molecule has 0 bridgehead atoms. The first-order chi connectivity index (χ1) is 15.6. The lowest BCUT2D eigenvalue weighted by Gasteiger charge is -2.30. The fourth-order valence-electron chi connectivity index (χ4n) is 4.07. The molecule has 10 heteroatoms. The monoisotopic (exact) mass is 481 g/mol. The molecule has 0 radical (unpaired) electrons. The maximum absolute atomic E-state index is 13.6. The van der Waals surface area contributed by atoms with Gasteiger partial charge in [0, 0.05) is 18.7 Å². The van der Waals surface area contributed by atoms with Gasteiger partial charge in [-0.1, -0.05) is 25.1 Å². The number of aliphatic hydroxyl groups excluding tert-OH is 1.